The van der Waals surface area contributed by atoms with Crippen LogP contribution in [0.5, 0.6) is 11.5 Å². The molecule has 46 heavy (non-hydrogen) atoms. The lowest BCUT2D eigenvalue weighted by atomic mass is 10.2. The van der Waals surface area contributed by atoms with Gasteiger partial charge in [-0.2, -0.15) is 0 Å². The number of pyridine rings is 1. The third-order valence-corrected chi connectivity index (χ3v) is 7.01. The van der Waals surface area contributed by atoms with E-state index in [-0.39, 0.29) is 47.4 Å². The number of anilines is 1. The standard InChI is InChI=1S/C34H26F2N6O4/c35-24-8-11-31(28(36)15-24)46-27-9-6-22(7-10-27)33(44)41-30-19-39-32(21-4-2-1-3-5-21)42(34(30)45)20-26(43)18-38-17-25-14-23-16-37-13-12-29(23)40-25/h1-16,19,38,40H,17-18,20H2,(H,41,44). The Hall–Kier alpha value is -6.01. The number of aromatic nitrogens is 4. The van der Waals surface area contributed by atoms with Crippen LogP contribution in [0, 0.1) is 11.6 Å². The van der Waals surface area contributed by atoms with Crippen LogP contribution in [-0.4, -0.2) is 37.8 Å². The minimum Gasteiger partial charge on any atom is -0.454 e. The van der Waals surface area contributed by atoms with Crippen LogP contribution in [0.25, 0.3) is 22.3 Å². The Morgan fingerprint density at radius 2 is 1.74 bits per heavy atom. The minimum absolute atomic E-state index is 0.0128. The molecule has 6 rings (SSSR count). The van der Waals surface area contributed by atoms with Crippen LogP contribution >= 0.6 is 0 Å². The van der Waals surface area contributed by atoms with Gasteiger partial charge in [-0.3, -0.25) is 23.9 Å². The molecule has 12 heteroatoms. The largest absolute Gasteiger partial charge is 0.454 e. The van der Waals surface area contributed by atoms with Gasteiger partial charge in [0.25, 0.3) is 11.5 Å². The highest BCUT2D eigenvalue weighted by atomic mass is 19.1. The SMILES string of the molecule is O=C(CNCc1cc2cnccc2[nH]1)Cn1c(-c2ccccc2)ncc(NC(=O)c2ccc(Oc3ccc(F)cc3F)cc2)c1=O. The number of benzene rings is 3. The summed E-state index contributed by atoms with van der Waals surface area (Å²) >= 11 is 0. The molecule has 1 amide bonds. The fourth-order valence-electron chi connectivity index (χ4n) is 4.79. The van der Waals surface area contributed by atoms with Crippen molar-refractivity contribution in [3.05, 3.63) is 137 Å². The summed E-state index contributed by atoms with van der Waals surface area (Å²) in [5.74, 6) is -2.17. The number of ketones is 1. The highest BCUT2D eigenvalue weighted by Gasteiger charge is 2.18. The molecule has 0 unspecified atom stereocenters. The Morgan fingerprint density at radius 1 is 0.935 bits per heavy atom. The number of ether oxygens (including phenoxy) is 1. The molecule has 0 aliphatic heterocycles. The topological polar surface area (TPSA) is 131 Å². The van der Waals surface area contributed by atoms with Gasteiger partial charge in [-0.1, -0.05) is 30.3 Å². The number of halogens is 2. The van der Waals surface area contributed by atoms with E-state index >= 15 is 0 Å². The molecule has 10 nitrogen and oxygen atoms in total. The summed E-state index contributed by atoms with van der Waals surface area (Å²) in [6.07, 6.45) is 4.69. The molecule has 230 valence electrons. The van der Waals surface area contributed by atoms with E-state index in [0.717, 1.165) is 28.7 Å². The van der Waals surface area contributed by atoms with Crippen molar-refractivity contribution in [3.63, 3.8) is 0 Å². The van der Waals surface area contributed by atoms with Crippen molar-refractivity contribution < 1.29 is 23.1 Å². The van der Waals surface area contributed by atoms with Crippen molar-refractivity contribution in [2.24, 2.45) is 0 Å². The van der Waals surface area contributed by atoms with E-state index in [1.165, 1.54) is 35.0 Å². The van der Waals surface area contributed by atoms with E-state index in [9.17, 15) is 23.2 Å². The predicted molar refractivity (Wildman–Crippen MR) is 168 cm³/mol. The third kappa shape index (κ3) is 6.87. The van der Waals surface area contributed by atoms with Crippen molar-refractivity contribution in [2.75, 3.05) is 11.9 Å². The summed E-state index contributed by atoms with van der Waals surface area (Å²) in [7, 11) is 0. The number of rotatable bonds is 11. The van der Waals surface area contributed by atoms with Crippen molar-refractivity contribution in [3.8, 4) is 22.9 Å². The number of hydrogen-bond acceptors (Lipinski definition) is 7. The summed E-state index contributed by atoms with van der Waals surface area (Å²) in [6.45, 7) is 0.106. The molecule has 0 bridgehead atoms. The second-order valence-electron chi connectivity index (χ2n) is 10.3. The van der Waals surface area contributed by atoms with Crippen LogP contribution in [0.2, 0.25) is 0 Å². The number of Topliss-reactive ketones (excluding diaryl/α,β-unsaturated/α-hetero) is 1. The molecule has 0 fully saturated rings. The molecule has 6 aromatic rings. The maximum atomic E-state index is 13.9. The lowest BCUT2D eigenvalue weighted by Crippen LogP contribution is -2.33. The number of fused-ring (bicyclic) bond motifs is 1. The first-order chi connectivity index (χ1) is 22.3. The van der Waals surface area contributed by atoms with Crippen LogP contribution < -0.4 is 20.9 Å². The van der Waals surface area contributed by atoms with Crippen LogP contribution in [0.15, 0.2) is 108 Å². The number of carbonyl (C=O) groups excluding carboxylic acids is 2. The Labute approximate surface area is 260 Å². The van der Waals surface area contributed by atoms with Crippen molar-refractivity contribution >= 4 is 28.3 Å². The van der Waals surface area contributed by atoms with Gasteiger partial charge in [0.1, 0.15) is 23.1 Å². The maximum absolute atomic E-state index is 13.9. The summed E-state index contributed by atoms with van der Waals surface area (Å²) in [5, 5.41) is 6.63. The normalized spacial score (nSPS) is 11.0. The van der Waals surface area contributed by atoms with Gasteiger partial charge >= 0.3 is 0 Å². The molecule has 3 aromatic carbocycles. The lowest BCUT2D eigenvalue weighted by Gasteiger charge is -2.14. The predicted octanol–water partition coefficient (Wildman–Crippen LogP) is 5.47. The van der Waals surface area contributed by atoms with Gasteiger partial charge in [-0.05, 0) is 48.5 Å². The Bertz CT molecular complexity index is 2060. The summed E-state index contributed by atoms with van der Waals surface area (Å²) < 4.78 is 33.8. The number of H-pyrrole nitrogens is 1. The molecule has 0 atom stereocenters. The van der Waals surface area contributed by atoms with Crippen molar-refractivity contribution in [2.45, 2.75) is 13.1 Å². The van der Waals surface area contributed by atoms with Crippen LogP contribution in [0.3, 0.4) is 0 Å². The zero-order chi connectivity index (χ0) is 32.0. The number of aromatic amines is 1. The molecule has 0 saturated heterocycles. The highest BCUT2D eigenvalue weighted by molar-refractivity contribution is 6.04. The van der Waals surface area contributed by atoms with Gasteiger partial charge in [-0.15, -0.1) is 0 Å². The molecular formula is C34H26F2N6O4. The summed E-state index contributed by atoms with van der Waals surface area (Å²) in [5.41, 5.74) is 1.89. The van der Waals surface area contributed by atoms with Crippen LogP contribution in [-0.2, 0) is 17.9 Å². The fraction of sp³-hybridized carbons (Fsp3) is 0.0882. The molecule has 0 aliphatic rings. The van der Waals surface area contributed by atoms with E-state index in [1.807, 2.05) is 18.2 Å². The first-order valence-corrected chi connectivity index (χ1v) is 14.2. The van der Waals surface area contributed by atoms with Gasteiger partial charge in [0.2, 0.25) is 0 Å². The lowest BCUT2D eigenvalue weighted by molar-refractivity contribution is -0.118. The Kier molecular flexibility index (Phi) is 8.70. The molecule has 0 spiro atoms. The smallest absolute Gasteiger partial charge is 0.277 e. The van der Waals surface area contributed by atoms with Crippen molar-refractivity contribution in [1.82, 2.24) is 24.8 Å². The van der Waals surface area contributed by atoms with Crippen LogP contribution in [0.1, 0.15) is 16.1 Å². The summed E-state index contributed by atoms with van der Waals surface area (Å²) in [4.78, 5) is 51.5. The minimum atomic E-state index is -0.870. The first-order valence-electron chi connectivity index (χ1n) is 14.2. The zero-order valence-electron chi connectivity index (χ0n) is 24.2. The Balaban J connectivity index is 1.16. The number of nitrogens with zero attached hydrogens (tertiary/aromatic N) is 3. The molecule has 3 aromatic heterocycles. The van der Waals surface area contributed by atoms with Gasteiger partial charge in [0.15, 0.2) is 17.3 Å². The van der Waals surface area contributed by atoms with Gasteiger partial charge in [0.05, 0.1) is 19.3 Å². The second-order valence-corrected chi connectivity index (χ2v) is 10.3. The third-order valence-electron chi connectivity index (χ3n) is 7.01. The van der Waals surface area contributed by atoms with Crippen LogP contribution in [0.4, 0.5) is 14.5 Å². The highest BCUT2D eigenvalue weighted by Crippen LogP contribution is 2.25. The van der Waals surface area contributed by atoms with E-state index in [0.29, 0.717) is 18.2 Å². The van der Waals surface area contributed by atoms with Gasteiger partial charge in [0, 0.05) is 52.7 Å². The molecule has 3 heterocycles. The van der Waals surface area contributed by atoms with Gasteiger partial charge in [-0.25, -0.2) is 13.8 Å². The zero-order valence-corrected chi connectivity index (χ0v) is 24.2. The van der Waals surface area contributed by atoms with E-state index < -0.39 is 23.1 Å². The second kappa shape index (κ2) is 13.3. The fourth-order valence-corrected chi connectivity index (χ4v) is 4.79. The quantitative estimate of drug-likeness (QED) is 0.175. The first kappa shape index (κ1) is 30.0. The van der Waals surface area contributed by atoms with E-state index in [2.05, 4.69) is 25.6 Å². The average molecular weight is 621 g/mol. The average Bonchev–Trinajstić information content (AvgIpc) is 3.48. The monoisotopic (exact) mass is 620 g/mol. The molecule has 0 radical (unpaired) electrons. The molecule has 3 N–H and O–H groups in total. The molecule has 0 aliphatic carbocycles. The van der Waals surface area contributed by atoms with E-state index in [1.54, 1.807) is 36.7 Å². The molecular weight excluding hydrogens is 594 g/mol. The van der Waals surface area contributed by atoms with Gasteiger partial charge < -0.3 is 20.4 Å². The number of amides is 1. The number of carbonyl (C=O) groups is 2. The maximum Gasteiger partial charge on any atom is 0.277 e. The molecule has 0 saturated carbocycles. The number of hydrogen-bond donors (Lipinski definition) is 3. The summed E-state index contributed by atoms with van der Waals surface area (Å²) in [6, 6.07) is 21.4. The van der Waals surface area contributed by atoms with Crippen molar-refractivity contribution in [1.29, 1.82) is 0 Å². The van der Waals surface area contributed by atoms with E-state index in [4.69, 9.17) is 4.74 Å². The number of nitrogens with one attached hydrogen (secondary N) is 3. The Morgan fingerprint density at radius 3 is 2.50 bits per heavy atom.